The van der Waals surface area contributed by atoms with Crippen LogP contribution in [0.15, 0.2) is 82.8 Å². The molecule has 7 nitrogen and oxygen atoms in total. The first-order valence-corrected chi connectivity index (χ1v) is 13.8. The molecule has 1 atom stereocenters. The molecule has 0 saturated heterocycles. The second kappa shape index (κ2) is 9.36. The van der Waals surface area contributed by atoms with Gasteiger partial charge in [0.1, 0.15) is 5.82 Å². The summed E-state index contributed by atoms with van der Waals surface area (Å²) < 4.78 is 67.5. The summed E-state index contributed by atoms with van der Waals surface area (Å²) in [5, 5.41) is 4.69. The lowest BCUT2D eigenvalue weighted by Gasteiger charge is -2.23. The number of hydrogen-bond donors (Lipinski definition) is 1. The minimum Gasteiger partial charge on any atom is -0.284 e. The summed E-state index contributed by atoms with van der Waals surface area (Å²) in [6.07, 6.45) is 0.242. The molecule has 34 heavy (non-hydrogen) atoms. The van der Waals surface area contributed by atoms with Crippen LogP contribution in [0, 0.1) is 5.82 Å². The maximum atomic E-state index is 13.5. The molecule has 1 aliphatic rings. The van der Waals surface area contributed by atoms with Crippen LogP contribution in [0.2, 0.25) is 5.02 Å². The summed E-state index contributed by atoms with van der Waals surface area (Å²) in [7, 11) is -7.49. The summed E-state index contributed by atoms with van der Waals surface area (Å²) in [4.78, 5) is -0.0126. The van der Waals surface area contributed by atoms with Crippen LogP contribution < -0.4 is 4.72 Å². The number of anilines is 1. The van der Waals surface area contributed by atoms with E-state index in [2.05, 4.69) is 9.82 Å². The molecule has 0 bridgehead atoms. The summed E-state index contributed by atoms with van der Waals surface area (Å²) in [6.45, 7) is 1.54. The monoisotopic (exact) mass is 521 g/mol. The molecule has 4 rings (SSSR count). The van der Waals surface area contributed by atoms with E-state index >= 15 is 0 Å². The Morgan fingerprint density at radius 1 is 1.03 bits per heavy atom. The van der Waals surface area contributed by atoms with Gasteiger partial charge in [0.25, 0.3) is 10.0 Å². The maximum Gasteiger partial charge on any atom is 0.279 e. The van der Waals surface area contributed by atoms with Crippen LogP contribution in [0.3, 0.4) is 0 Å². The molecule has 0 aliphatic carbocycles. The van der Waals surface area contributed by atoms with Crippen molar-refractivity contribution < 1.29 is 21.2 Å². The van der Waals surface area contributed by atoms with Crippen molar-refractivity contribution in [1.82, 2.24) is 4.41 Å². The highest BCUT2D eigenvalue weighted by atomic mass is 35.5. The summed E-state index contributed by atoms with van der Waals surface area (Å²) in [5.41, 5.74) is 2.10. The van der Waals surface area contributed by atoms with Crippen LogP contribution in [0.5, 0.6) is 0 Å². The number of halogens is 2. The Morgan fingerprint density at radius 2 is 1.71 bits per heavy atom. The molecule has 1 aliphatic heterocycles. The topological polar surface area (TPSA) is 95.9 Å². The number of benzene rings is 3. The van der Waals surface area contributed by atoms with Gasteiger partial charge >= 0.3 is 0 Å². The quantitative estimate of drug-likeness (QED) is 0.484. The predicted molar refractivity (Wildman–Crippen MR) is 130 cm³/mol. The molecular formula is C23H21ClFN3O4S2. The summed E-state index contributed by atoms with van der Waals surface area (Å²) in [5.74, 6) is -0.491. The zero-order valence-electron chi connectivity index (χ0n) is 18.0. The van der Waals surface area contributed by atoms with E-state index < -0.39 is 31.9 Å². The van der Waals surface area contributed by atoms with E-state index in [1.165, 1.54) is 43.3 Å². The standard InChI is InChI=1S/C23H21ClFN3O4S2/c1-2-33(29,30)27-20-12-8-16(9-13-20)22-15-23(17-6-10-19(25)11-7-17)28(26-22)34(31,32)21-5-3-4-18(24)14-21/h3-14,23,27H,2,15H2,1H3/t23-/m0/s1. The number of rotatable bonds is 7. The van der Waals surface area contributed by atoms with Crippen LogP contribution in [0.25, 0.3) is 0 Å². The van der Waals surface area contributed by atoms with Crippen LogP contribution in [0.4, 0.5) is 10.1 Å². The van der Waals surface area contributed by atoms with Gasteiger partial charge in [-0.2, -0.15) is 17.9 Å². The maximum absolute atomic E-state index is 13.5. The zero-order valence-corrected chi connectivity index (χ0v) is 20.4. The number of sulfonamides is 2. The van der Waals surface area contributed by atoms with Gasteiger partial charge in [-0.1, -0.05) is 41.9 Å². The van der Waals surface area contributed by atoms with Crippen molar-refractivity contribution in [3.05, 3.63) is 94.8 Å². The predicted octanol–water partition coefficient (Wildman–Crippen LogP) is 4.78. The molecule has 0 aromatic heterocycles. The first-order valence-electron chi connectivity index (χ1n) is 10.3. The van der Waals surface area contributed by atoms with Gasteiger partial charge in [-0.3, -0.25) is 4.72 Å². The Hall–Kier alpha value is -2.95. The normalized spacial score (nSPS) is 16.4. The number of nitrogens with one attached hydrogen (secondary N) is 1. The second-order valence-corrected chi connectivity index (χ2v) is 11.9. The van der Waals surface area contributed by atoms with Gasteiger partial charge in [-0.05, 0) is 60.5 Å². The van der Waals surface area contributed by atoms with Crippen LogP contribution in [-0.4, -0.2) is 32.7 Å². The van der Waals surface area contributed by atoms with Gasteiger partial charge in [0.15, 0.2) is 0 Å². The number of hydrazone groups is 1. The Kier molecular flexibility index (Phi) is 6.66. The lowest BCUT2D eigenvalue weighted by molar-refractivity contribution is 0.371. The van der Waals surface area contributed by atoms with Crippen molar-refractivity contribution in [2.45, 2.75) is 24.3 Å². The Bertz CT molecular complexity index is 1440. The Morgan fingerprint density at radius 3 is 2.32 bits per heavy atom. The van der Waals surface area contributed by atoms with Crippen LogP contribution in [0.1, 0.15) is 30.5 Å². The second-order valence-electron chi connectivity index (χ2n) is 7.64. The van der Waals surface area contributed by atoms with Gasteiger partial charge in [0.2, 0.25) is 10.0 Å². The minimum atomic E-state index is -4.07. The van der Waals surface area contributed by atoms with Crippen molar-refractivity contribution in [1.29, 1.82) is 0 Å². The molecule has 1 heterocycles. The van der Waals surface area contributed by atoms with Crippen LogP contribution in [-0.2, 0) is 20.0 Å². The highest BCUT2D eigenvalue weighted by Gasteiger charge is 2.37. The minimum absolute atomic E-state index is 0.0126. The highest BCUT2D eigenvalue weighted by molar-refractivity contribution is 7.92. The lowest BCUT2D eigenvalue weighted by Crippen LogP contribution is -2.27. The average molecular weight is 522 g/mol. The molecule has 1 N–H and O–H groups in total. The third-order valence-electron chi connectivity index (χ3n) is 5.34. The van der Waals surface area contributed by atoms with E-state index in [1.807, 2.05) is 0 Å². The van der Waals surface area contributed by atoms with E-state index in [9.17, 15) is 21.2 Å². The summed E-state index contributed by atoms with van der Waals surface area (Å²) in [6, 6.07) is 17.3. The molecule has 3 aromatic carbocycles. The molecule has 0 amide bonds. The van der Waals surface area contributed by atoms with E-state index in [0.29, 0.717) is 22.5 Å². The lowest BCUT2D eigenvalue weighted by atomic mass is 9.99. The molecule has 3 aromatic rings. The molecule has 178 valence electrons. The molecule has 0 radical (unpaired) electrons. The Labute approximate surface area is 203 Å². The zero-order chi connectivity index (χ0) is 24.5. The molecule has 0 fully saturated rings. The first kappa shape index (κ1) is 24.2. The number of hydrogen-bond acceptors (Lipinski definition) is 5. The molecule has 0 unspecified atom stereocenters. The van der Waals surface area contributed by atoms with E-state index in [0.717, 1.165) is 4.41 Å². The average Bonchev–Trinajstić information content (AvgIpc) is 3.26. The third-order valence-corrected chi connectivity index (χ3v) is 8.56. The highest BCUT2D eigenvalue weighted by Crippen LogP contribution is 2.37. The number of nitrogens with zero attached hydrogens (tertiary/aromatic N) is 2. The van der Waals surface area contributed by atoms with Crippen molar-refractivity contribution in [2.75, 3.05) is 10.5 Å². The van der Waals surface area contributed by atoms with Gasteiger partial charge in [-0.15, -0.1) is 0 Å². The smallest absolute Gasteiger partial charge is 0.279 e. The van der Waals surface area contributed by atoms with E-state index in [4.69, 9.17) is 11.6 Å². The van der Waals surface area contributed by atoms with Gasteiger partial charge in [-0.25, -0.2) is 12.8 Å². The van der Waals surface area contributed by atoms with Crippen molar-refractivity contribution in [3.8, 4) is 0 Å². The first-order chi connectivity index (χ1) is 16.1. The fraction of sp³-hybridized carbons (Fsp3) is 0.174. The fourth-order valence-corrected chi connectivity index (χ4v) is 5.91. The molecule has 11 heteroatoms. The SMILES string of the molecule is CCS(=O)(=O)Nc1ccc(C2=NN(S(=O)(=O)c3cccc(Cl)c3)[C@H](c3ccc(F)cc3)C2)cc1. The van der Waals surface area contributed by atoms with Crippen molar-refractivity contribution in [2.24, 2.45) is 5.10 Å². The van der Waals surface area contributed by atoms with Gasteiger partial charge in [0, 0.05) is 17.1 Å². The summed E-state index contributed by atoms with van der Waals surface area (Å²) >= 11 is 6.01. The molecule has 0 spiro atoms. The van der Waals surface area contributed by atoms with Crippen molar-refractivity contribution in [3.63, 3.8) is 0 Å². The van der Waals surface area contributed by atoms with Crippen molar-refractivity contribution >= 4 is 43.0 Å². The largest absolute Gasteiger partial charge is 0.284 e. The fourth-order valence-electron chi connectivity index (χ4n) is 3.54. The Balaban J connectivity index is 1.72. The van der Waals surface area contributed by atoms with E-state index in [1.54, 1.807) is 36.4 Å². The molecular weight excluding hydrogens is 501 g/mol. The van der Waals surface area contributed by atoms with Gasteiger partial charge in [0.05, 0.1) is 22.4 Å². The van der Waals surface area contributed by atoms with Crippen LogP contribution >= 0.6 is 11.6 Å². The molecule has 0 saturated carbocycles. The van der Waals surface area contributed by atoms with E-state index in [-0.39, 0.29) is 22.1 Å². The third kappa shape index (κ3) is 5.08. The van der Waals surface area contributed by atoms with Gasteiger partial charge < -0.3 is 0 Å².